The van der Waals surface area contributed by atoms with Crippen LogP contribution in [0.1, 0.15) is 34.0 Å². The largest absolute Gasteiger partial charge is 0.293 e. The van der Waals surface area contributed by atoms with Crippen LogP contribution < -0.4 is 0 Å². The first kappa shape index (κ1) is 13.0. The lowest BCUT2D eigenvalue weighted by Crippen LogP contribution is -2.39. The van der Waals surface area contributed by atoms with Crippen LogP contribution in [0.3, 0.4) is 0 Å². The van der Waals surface area contributed by atoms with Crippen LogP contribution in [0.25, 0.3) is 0 Å². The number of nitrogens with zero attached hydrogens (tertiary/aromatic N) is 1. The summed E-state index contributed by atoms with van der Waals surface area (Å²) in [6.45, 7) is 0. The van der Waals surface area contributed by atoms with Crippen molar-refractivity contribution < 1.29 is 4.79 Å². The molecule has 5 rings (SSSR count). The van der Waals surface area contributed by atoms with Gasteiger partial charge in [-0.25, -0.2) is 0 Å². The number of thiophene rings is 1. The van der Waals surface area contributed by atoms with Crippen molar-refractivity contribution in [2.24, 2.45) is 17.8 Å². The van der Waals surface area contributed by atoms with Crippen LogP contribution in [-0.4, -0.2) is 10.8 Å². The summed E-state index contributed by atoms with van der Waals surface area (Å²) in [7, 11) is 0. The highest BCUT2D eigenvalue weighted by Crippen LogP contribution is 2.51. The maximum atomic E-state index is 13.0. The van der Waals surface area contributed by atoms with E-state index in [1.165, 1.54) is 12.0 Å². The van der Waals surface area contributed by atoms with Crippen molar-refractivity contribution in [3.63, 3.8) is 0 Å². The third-order valence-electron chi connectivity index (χ3n) is 4.88. The fourth-order valence-electron chi connectivity index (χ4n) is 3.96. The van der Waals surface area contributed by atoms with E-state index in [1.54, 1.807) is 17.5 Å². The molecule has 4 atom stereocenters. The quantitative estimate of drug-likeness (QED) is 0.623. The zero-order valence-electron chi connectivity index (χ0n) is 11.7. The Morgan fingerprint density at radius 1 is 1.14 bits per heavy atom. The van der Waals surface area contributed by atoms with Crippen LogP contribution in [0, 0.1) is 17.8 Å². The van der Waals surface area contributed by atoms with E-state index in [4.69, 9.17) is 0 Å². The average molecular weight is 295 g/mol. The molecule has 1 saturated carbocycles. The van der Waals surface area contributed by atoms with Crippen LogP contribution in [0.2, 0.25) is 0 Å². The molecular weight excluding hydrogens is 278 g/mol. The molecule has 3 heteroatoms. The van der Waals surface area contributed by atoms with Crippen LogP contribution >= 0.6 is 11.3 Å². The lowest BCUT2D eigenvalue weighted by atomic mass is 9.59. The van der Waals surface area contributed by atoms with E-state index < -0.39 is 0 Å². The number of pyridine rings is 1. The topological polar surface area (TPSA) is 30.0 Å². The highest BCUT2D eigenvalue weighted by atomic mass is 32.1. The molecule has 0 aromatic carbocycles. The third kappa shape index (κ3) is 2.16. The van der Waals surface area contributed by atoms with Gasteiger partial charge in [-0.1, -0.05) is 24.3 Å². The first-order valence-corrected chi connectivity index (χ1v) is 8.38. The molecule has 0 amide bonds. The number of fused-ring (bicyclic) bond motifs is 2. The normalized spacial score (nSPS) is 30.5. The van der Waals surface area contributed by atoms with Gasteiger partial charge in [0.15, 0.2) is 5.78 Å². The maximum Gasteiger partial charge on any atom is 0.177 e. The molecule has 3 aliphatic rings. The summed E-state index contributed by atoms with van der Waals surface area (Å²) in [6.07, 6.45) is 10.7. The van der Waals surface area contributed by atoms with Gasteiger partial charge in [0.25, 0.3) is 0 Å². The lowest BCUT2D eigenvalue weighted by molar-refractivity contribution is 0.0774. The molecule has 0 unspecified atom stereocenters. The van der Waals surface area contributed by atoms with Crippen molar-refractivity contribution >= 4 is 17.1 Å². The molecule has 0 N–H and O–H groups in total. The minimum atomic E-state index is 0.0802. The summed E-state index contributed by atoms with van der Waals surface area (Å²) >= 11 is 1.56. The highest BCUT2D eigenvalue weighted by Gasteiger charge is 2.45. The molecule has 2 nitrogen and oxygen atoms in total. The molecule has 106 valence electrons. The summed E-state index contributed by atoms with van der Waals surface area (Å²) in [5.41, 5.74) is 1.21. The van der Waals surface area contributed by atoms with Gasteiger partial charge in [0.1, 0.15) is 0 Å². The molecular formula is C18H17NOS. The summed E-state index contributed by atoms with van der Waals surface area (Å²) in [6, 6.07) is 8.03. The Kier molecular flexibility index (Phi) is 3.23. The number of rotatable bonds is 3. The van der Waals surface area contributed by atoms with Gasteiger partial charge in [-0.2, -0.15) is 0 Å². The molecule has 2 bridgehead atoms. The number of carbonyl (C=O) groups is 1. The number of hydrogen-bond acceptors (Lipinski definition) is 3. The number of ketones is 1. The van der Waals surface area contributed by atoms with Gasteiger partial charge in [0.05, 0.1) is 4.88 Å². The second kappa shape index (κ2) is 5.23. The fraction of sp³-hybridized carbons (Fsp3) is 0.333. The van der Waals surface area contributed by atoms with Gasteiger partial charge < -0.3 is 0 Å². The minimum Gasteiger partial charge on any atom is -0.293 e. The van der Waals surface area contributed by atoms with E-state index in [-0.39, 0.29) is 11.8 Å². The van der Waals surface area contributed by atoms with Crippen molar-refractivity contribution in [3.8, 4) is 0 Å². The Morgan fingerprint density at radius 3 is 2.67 bits per heavy atom. The Bertz CT molecular complexity index is 662. The first-order valence-electron chi connectivity index (χ1n) is 7.50. The summed E-state index contributed by atoms with van der Waals surface area (Å²) in [5, 5.41) is 1.99. The predicted molar refractivity (Wildman–Crippen MR) is 84.5 cm³/mol. The van der Waals surface area contributed by atoms with Crippen molar-refractivity contribution in [3.05, 3.63) is 64.6 Å². The number of Topliss-reactive ketones (excluding diaryl/α,β-unsaturated/α-hetero) is 1. The molecule has 2 aromatic rings. The van der Waals surface area contributed by atoms with Crippen molar-refractivity contribution in [1.82, 2.24) is 4.98 Å². The summed E-state index contributed by atoms with van der Waals surface area (Å²) in [5.74, 6) is 1.55. The van der Waals surface area contributed by atoms with Crippen molar-refractivity contribution in [2.75, 3.05) is 0 Å². The molecule has 0 aliphatic heterocycles. The monoisotopic (exact) mass is 295 g/mol. The Balaban J connectivity index is 1.76. The van der Waals surface area contributed by atoms with Crippen molar-refractivity contribution in [1.29, 1.82) is 0 Å². The zero-order valence-corrected chi connectivity index (χ0v) is 12.5. The van der Waals surface area contributed by atoms with E-state index >= 15 is 0 Å². The van der Waals surface area contributed by atoms with E-state index in [0.29, 0.717) is 17.6 Å². The van der Waals surface area contributed by atoms with Crippen LogP contribution in [0.4, 0.5) is 0 Å². The van der Waals surface area contributed by atoms with Gasteiger partial charge in [-0.15, -0.1) is 11.3 Å². The standard InChI is InChI=1S/C18H17NOS/c20-18(15-4-2-10-21-15)17-13-7-5-12(6-8-13)16(17)14-3-1-9-19-11-14/h1-5,7,9-13,16-17H,6,8H2/t12-,13+,16-,17+/m0/s1. The smallest absolute Gasteiger partial charge is 0.177 e. The highest BCUT2D eigenvalue weighted by molar-refractivity contribution is 7.12. The number of hydrogen-bond donors (Lipinski definition) is 0. The number of allylic oxidation sites excluding steroid dienone is 2. The number of carbonyl (C=O) groups excluding carboxylic acids is 1. The van der Waals surface area contributed by atoms with Gasteiger partial charge in [-0.05, 0) is 47.8 Å². The summed E-state index contributed by atoms with van der Waals surface area (Å²) < 4.78 is 0. The minimum absolute atomic E-state index is 0.0802. The molecule has 1 fully saturated rings. The summed E-state index contributed by atoms with van der Waals surface area (Å²) in [4.78, 5) is 18.2. The molecule has 0 saturated heterocycles. The van der Waals surface area contributed by atoms with E-state index in [1.807, 2.05) is 29.8 Å². The predicted octanol–water partition coefficient (Wildman–Crippen LogP) is 4.32. The van der Waals surface area contributed by atoms with Gasteiger partial charge in [-0.3, -0.25) is 9.78 Å². The molecule has 21 heavy (non-hydrogen) atoms. The van der Waals surface area contributed by atoms with Gasteiger partial charge in [0.2, 0.25) is 0 Å². The average Bonchev–Trinajstić information content (AvgIpc) is 3.10. The molecule has 2 aromatic heterocycles. The van der Waals surface area contributed by atoms with Crippen LogP contribution in [0.5, 0.6) is 0 Å². The molecule has 3 aliphatic carbocycles. The van der Waals surface area contributed by atoms with Crippen LogP contribution in [0.15, 0.2) is 54.2 Å². The third-order valence-corrected chi connectivity index (χ3v) is 5.77. The molecule has 0 radical (unpaired) electrons. The van der Waals surface area contributed by atoms with Crippen LogP contribution in [-0.2, 0) is 0 Å². The number of aromatic nitrogens is 1. The second-order valence-electron chi connectivity index (χ2n) is 5.97. The SMILES string of the molecule is O=C(c1cccs1)[C@H]1[C@H](c2cccnc2)[C@H]2C=C[C@@H]1CC2. The maximum absolute atomic E-state index is 13.0. The van der Waals surface area contributed by atoms with Crippen molar-refractivity contribution in [2.45, 2.75) is 18.8 Å². The van der Waals surface area contributed by atoms with Gasteiger partial charge in [0, 0.05) is 24.2 Å². The van der Waals surface area contributed by atoms with E-state index in [2.05, 4.69) is 23.2 Å². The lowest BCUT2D eigenvalue weighted by Gasteiger charge is -2.44. The molecule has 0 spiro atoms. The zero-order chi connectivity index (χ0) is 14.2. The van der Waals surface area contributed by atoms with Gasteiger partial charge >= 0.3 is 0 Å². The fourth-order valence-corrected chi connectivity index (χ4v) is 4.68. The Morgan fingerprint density at radius 2 is 2.00 bits per heavy atom. The Hall–Kier alpha value is -1.74. The van der Waals surface area contributed by atoms with E-state index in [9.17, 15) is 4.79 Å². The first-order chi connectivity index (χ1) is 10.3. The second-order valence-corrected chi connectivity index (χ2v) is 6.92. The van der Waals surface area contributed by atoms with E-state index in [0.717, 1.165) is 11.3 Å². The Labute approximate surface area is 128 Å². The molecule has 2 heterocycles.